The summed E-state index contributed by atoms with van der Waals surface area (Å²) in [4.78, 5) is 11.8. The van der Waals surface area contributed by atoms with Crippen molar-refractivity contribution in [3.8, 4) is 5.75 Å². The van der Waals surface area contributed by atoms with E-state index in [0.717, 1.165) is 16.1 Å². The normalized spacial score (nSPS) is 10.9. The van der Waals surface area contributed by atoms with Crippen LogP contribution in [-0.4, -0.2) is 10.9 Å². The topological polar surface area (TPSA) is 37.3 Å². The number of aromatic hydroxyl groups is 1. The van der Waals surface area contributed by atoms with Crippen molar-refractivity contribution in [3.05, 3.63) is 69.7 Å². The van der Waals surface area contributed by atoms with Crippen LogP contribution in [0.25, 0.3) is 6.08 Å². The molecule has 0 bridgehead atoms. The second-order valence-electron chi connectivity index (χ2n) is 4.03. The first-order valence-electron chi connectivity index (χ1n) is 5.63. The Labute approximate surface area is 122 Å². The van der Waals surface area contributed by atoms with Crippen LogP contribution in [-0.2, 0) is 0 Å². The Morgan fingerprint density at radius 2 is 1.80 bits per heavy atom. The minimum atomic E-state index is -1.09. The molecule has 2 aromatic carbocycles. The highest BCUT2D eigenvalue weighted by Crippen LogP contribution is 2.23. The van der Waals surface area contributed by atoms with Crippen LogP contribution >= 0.6 is 15.9 Å². The van der Waals surface area contributed by atoms with E-state index in [1.165, 1.54) is 6.08 Å². The van der Waals surface area contributed by atoms with Crippen molar-refractivity contribution in [2.24, 2.45) is 0 Å². The first-order chi connectivity index (χ1) is 9.47. The molecule has 20 heavy (non-hydrogen) atoms. The van der Waals surface area contributed by atoms with Crippen molar-refractivity contribution in [2.75, 3.05) is 0 Å². The quantitative estimate of drug-likeness (QED) is 0.668. The molecule has 2 nitrogen and oxygen atoms in total. The van der Waals surface area contributed by atoms with E-state index < -0.39 is 28.7 Å². The van der Waals surface area contributed by atoms with E-state index >= 15 is 0 Å². The molecule has 0 aliphatic rings. The number of carbonyl (C=O) groups excluding carboxylic acids is 1. The fourth-order valence-electron chi connectivity index (χ4n) is 1.63. The third-order valence-electron chi connectivity index (χ3n) is 2.58. The van der Waals surface area contributed by atoms with Gasteiger partial charge in [0.25, 0.3) is 0 Å². The first kappa shape index (κ1) is 14.4. The van der Waals surface area contributed by atoms with Crippen molar-refractivity contribution in [3.63, 3.8) is 0 Å². The molecule has 2 aromatic rings. The number of allylic oxidation sites excluding steroid dienone is 1. The molecule has 0 radical (unpaired) electrons. The monoisotopic (exact) mass is 338 g/mol. The molecule has 0 saturated heterocycles. The van der Waals surface area contributed by atoms with Gasteiger partial charge in [0.05, 0.1) is 5.56 Å². The summed E-state index contributed by atoms with van der Waals surface area (Å²) in [6.07, 6.45) is 2.61. The number of phenolic OH excluding ortho intramolecular Hbond substituents is 1. The molecular weight excluding hydrogens is 330 g/mol. The van der Waals surface area contributed by atoms with Crippen LogP contribution in [0, 0.1) is 11.6 Å². The fraction of sp³-hybridized carbons (Fsp3) is 0. The van der Waals surface area contributed by atoms with Gasteiger partial charge in [-0.15, -0.1) is 0 Å². The largest absolute Gasteiger partial charge is 0.507 e. The SMILES string of the molecule is O=C(/C=C/c1ccc(Br)cc1)c1c(O)cc(F)cc1F. The van der Waals surface area contributed by atoms with Gasteiger partial charge >= 0.3 is 0 Å². The van der Waals surface area contributed by atoms with Crippen LogP contribution in [0.1, 0.15) is 15.9 Å². The average Bonchev–Trinajstić information content (AvgIpc) is 2.37. The number of hydrogen-bond donors (Lipinski definition) is 1. The van der Waals surface area contributed by atoms with Crippen LogP contribution in [0.5, 0.6) is 5.75 Å². The maximum Gasteiger partial charge on any atom is 0.192 e. The predicted molar refractivity (Wildman–Crippen MR) is 75.5 cm³/mol. The van der Waals surface area contributed by atoms with E-state index in [1.807, 2.05) is 0 Å². The molecule has 0 spiro atoms. The van der Waals surface area contributed by atoms with Gasteiger partial charge in [0.1, 0.15) is 17.4 Å². The van der Waals surface area contributed by atoms with Gasteiger partial charge in [-0.25, -0.2) is 8.78 Å². The molecule has 102 valence electrons. The summed E-state index contributed by atoms with van der Waals surface area (Å²) >= 11 is 3.28. The molecule has 0 saturated carbocycles. The van der Waals surface area contributed by atoms with Gasteiger partial charge in [-0.2, -0.15) is 0 Å². The van der Waals surface area contributed by atoms with Crippen molar-refractivity contribution in [1.29, 1.82) is 0 Å². The lowest BCUT2D eigenvalue weighted by atomic mass is 10.1. The highest BCUT2D eigenvalue weighted by molar-refractivity contribution is 9.10. The number of ketones is 1. The molecule has 0 fully saturated rings. The van der Waals surface area contributed by atoms with E-state index in [0.29, 0.717) is 12.1 Å². The van der Waals surface area contributed by atoms with Crippen molar-refractivity contribution < 1.29 is 18.7 Å². The van der Waals surface area contributed by atoms with Gasteiger partial charge in [0.15, 0.2) is 5.78 Å². The summed E-state index contributed by atoms with van der Waals surface area (Å²) in [6, 6.07) is 8.36. The third kappa shape index (κ3) is 3.30. The maximum absolute atomic E-state index is 13.5. The highest BCUT2D eigenvalue weighted by Gasteiger charge is 2.16. The summed E-state index contributed by atoms with van der Waals surface area (Å²) in [6.45, 7) is 0. The van der Waals surface area contributed by atoms with E-state index in [9.17, 15) is 18.7 Å². The minimum absolute atomic E-state index is 0.542. The van der Waals surface area contributed by atoms with Gasteiger partial charge in [-0.05, 0) is 23.8 Å². The molecular formula is C15H9BrF2O2. The van der Waals surface area contributed by atoms with Crippen LogP contribution in [0.4, 0.5) is 8.78 Å². The van der Waals surface area contributed by atoms with Gasteiger partial charge in [0, 0.05) is 16.6 Å². The lowest BCUT2D eigenvalue weighted by Crippen LogP contribution is -2.00. The zero-order chi connectivity index (χ0) is 14.7. The Morgan fingerprint density at radius 3 is 2.40 bits per heavy atom. The lowest BCUT2D eigenvalue weighted by molar-refractivity contribution is 0.104. The molecule has 5 heteroatoms. The summed E-state index contributed by atoms with van der Waals surface area (Å²) in [5, 5.41) is 9.44. The van der Waals surface area contributed by atoms with Crippen LogP contribution in [0.3, 0.4) is 0 Å². The molecule has 0 aliphatic heterocycles. The van der Waals surface area contributed by atoms with Gasteiger partial charge in [-0.1, -0.05) is 34.1 Å². The number of rotatable bonds is 3. The number of halogens is 3. The number of hydrogen-bond acceptors (Lipinski definition) is 2. The smallest absolute Gasteiger partial charge is 0.192 e. The van der Waals surface area contributed by atoms with Gasteiger partial charge in [-0.3, -0.25) is 4.79 Å². The number of benzene rings is 2. The summed E-state index contributed by atoms with van der Waals surface area (Å²) in [7, 11) is 0. The predicted octanol–water partition coefficient (Wildman–Crippen LogP) is 4.33. The number of phenols is 1. The summed E-state index contributed by atoms with van der Waals surface area (Å²) < 4.78 is 27.2. The third-order valence-corrected chi connectivity index (χ3v) is 3.11. The lowest BCUT2D eigenvalue weighted by Gasteiger charge is -2.02. The van der Waals surface area contributed by atoms with Gasteiger partial charge in [0.2, 0.25) is 0 Å². The molecule has 0 atom stereocenters. The Bertz CT molecular complexity index is 656. The zero-order valence-corrected chi connectivity index (χ0v) is 11.7. The molecule has 0 unspecified atom stereocenters. The second-order valence-corrected chi connectivity index (χ2v) is 4.95. The molecule has 0 aliphatic carbocycles. The summed E-state index contributed by atoms with van der Waals surface area (Å²) in [5.41, 5.74) is 0.198. The van der Waals surface area contributed by atoms with Gasteiger partial charge < -0.3 is 5.11 Å². The highest BCUT2D eigenvalue weighted by atomic mass is 79.9. The van der Waals surface area contributed by atoms with E-state index in [-0.39, 0.29) is 0 Å². The Hall–Kier alpha value is -2.01. The molecule has 2 rings (SSSR count). The van der Waals surface area contributed by atoms with E-state index in [1.54, 1.807) is 24.3 Å². The van der Waals surface area contributed by atoms with Crippen molar-refractivity contribution in [2.45, 2.75) is 0 Å². The van der Waals surface area contributed by atoms with E-state index in [4.69, 9.17) is 0 Å². The van der Waals surface area contributed by atoms with Crippen molar-refractivity contribution >= 4 is 27.8 Å². The maximum atomic E-state index is 13.5. The van der Waals surface area contributed by atoms with Crippen LogP contribution < -0.4 is 0 Å². The Kier molecular flexibility index (Phi) is 4.29. The van der Waals surface area contributed by atoms with E-state index in [2.05, 4.69) is 15.9 Å². The Balaban J connectivity index is 2.26. The first-order valence-corrected chi connectivity index (χ1v) is 6.42. The molecule has 0 amide bonds. The van der Waals surface area contributed by atoms with Crippen molar-refractivity contribution in [1.82, 2.24) is 0 Å². The standard InChI is InChI=1S/C15H9BrF2O2/c16-10-4-1-9(2-5-10)3-6-13(19)15-12(18)7-11(17)8-14(15)20/h1-8,20H/b6-3+. The Morgan fingerprint density at radius 1 is 1.15 bits per heavy atom. The molecule has 1 N–H and O–H groups in total. The molecule has 0 aromatic heterocycles. The van der Waals surface area contributed by atoms with Crippen LogP contribution in [0.15, 0.2) is 46.9 Å². The summed E-state index contributed by atoms with van der Waals surface area (Å²) in [5.74, 6) is -3.47. The fourth-order valence-corrected chi connectivity index (χ4v) is 1.90. The second kappa shape index (κ2) is 5.96. The van der Waals surface area contributed by atoms with Crippen LogP contribution in [0.2, 0.25) is 0 Å². The molecule has 0 heterocycles. The average molecular weight is 339 g/mol. The number of carbonyl (C=O) groups is 1. The minimum Gasteiger partial charge on any atom is -0.507 e. The zero-order valence-electron chi connectivity index (χ0n) is 10.1.